The lowest BCUT2D eigenvalue weighted by Gasteiger charge is -2.56. The predicted octanol–water partition coefficient (Wildman–Crippen LogP) is 3.20. The summed E-state index contributed by atoms with van der Waals surface area (Å²) in [5, 5.41) is 24.9. The molecule has 0 amide bonds. The van der Waals surface area contributed by atoms with Crippen LogP contribution in [0.2, 0.25) is 0 Å². The number of hydrogen-bond donors (Lipinski definition) is 2. The highest BCUT2D eigenvalue weighted by Gasteiger charge is 2.44. The van der Waals surface area contributed by atoms with Crippen molar-refractivity contribution >= 4 is 23.1 Å². The summed E-state index contributed by atoms with van der Waals surface area (Å²) in [6.45, 7) is 2.56. The molecular formula is C31H29N9O. The second kappa shape index (κ2) is 11.1. The van der Waals surface area contributed by atoms with Crippen LogP contribution in [0.15, 0.2) is 61.3 Å². The smallest absolute Gasteiger partial charge is 0.212 e. The number of nitrogens with one attached hydrogen (secondary N) is 2. The van der Waals surface area contributed by atoms with Gasteiger partial charge in [-0.15, -0.1) is 0 Å². The van der Waals surface area contributed by atoms with Crippen LogP contribution in [0.3, 0.4) is 0 Å². The number of rotatable bonds is 7. The molecule has 3 fully saturated rings. The summed E-state index contributed by atoms with van der Waals surface area (Å²) < 4.78 is 6.81. The number of allylic oxidation sites excluding steroid dienone is 1. The van der Waals surface area contributed by atoms with Crippen LogP contribution >= 0.6 is 0 Å². The van der Waals surface area contributed by atoms with Crippen LogP contribution in [0.25, 0.3) is 22.2 Å². The van der Waals surface area contributed by atoms with Crippen LogP contribution < -0.4 is 15.0 Å². The van der Waals surface area contributed by atoms with Gasteiger partial charge in [-0.05, 0) is 30.7 Å². The van der Waals surface area contributed by atoms with E-state index in [0.717, 1.165) is 53.2 Å². The minimum atomic E-state index is 0.457. The van der Waals surface area contributed by atoms with Gasteiger partial charge in [0.1, 0.15) is 11.9 Å². The minimum Gasteiger partial charge on any atom is -0.481 e. The fraction of sp³-hybridized carbons (Fsp3) is 0.258. The fourth-order valence-electron chi connectivity index (χ4n) is 5.62. The first-order valence-electron chi connectivity index (χ1n) is 13.4. The van der Waals surface area contributed by atoms with E-state index in [1.807, 2.05) is 42.7 Å². The van der Waals surface area contributed by atoms with Crippen LogP contribution in [-0.2, 0) is 0 Å². The van der Waals surface area contributed by atoms with Gasteiger partial charge in [0, 0.05) is 97.1 Å². The monoisotopic (exact) mass is 543 g/mol. The van der Waals surface area contributed by atoms with Gasteiger partial charge in [-0.2, -0.15) is 10.4 Å². The third kappa shape index (κ3) is 4.97. The number of methoxy groups -OCH3 is 1. The standard InChI is InChI=1S/C31H29N9O/c1-34-15-24(12-32)23-10-28(31-25(13-33)17-37-40(31)18-23)22-6-7-29(35-16-22)38-19-26-11-27(20-38)39(26)9-3-4-21-5-8-30(41-2)36-14-21/h5-8,10,12,14-18,26-27,32,34H,9,11,19-20H2,1-2H3/b24-15+,32-12?. The first-order valence-corrected chi connectivity index (χ1v) is 13.4. The molecule has 4 aromatic rings. The van der Waals surface area contributed by atoms with Crippen molar-refractivity contribution in [2.75, 3.05) is 38.7 Å². The van der Waals surface area contributed by atoms with E-state index in [4.69, 9.17) is 15.1 Å². The summed E-state index contributed by atoms with van der Waals surface area (Å²) in [4.78, 5) is 13.9. The van der Waals surface area contributed by atoms with Crippen molar-refractivity contribution in [2.24, 2.45) is 0 Å². The van der Waals surface area contributed by atoms with Gasteiger partial charge in [-0.1, -0.05) is 11.8 Å². The maximum atomic E-state index is 9.70. The average molecular weight is 544 g/mol. The van der Waals surface area contributed by atoms with Gasteiger partial charge >= 0.3 is 0 Å². The molecule has 2 N–H and O–H groups in total. The molecule has 0 radical (unpaired) electrons. The molecule has 2 unspecified atom stereocenters. The highest BCUT2D eigenvalue weighted by Crippen LogP contribution is 2.35. The lowest BCUT2D eigenvalue weighted by Crippen LogP contribution is -2.68. The number of piperazine rings is 1. The second-order valence-corrected chi connectivity index (χ2v) is 10.1. The van der Waals surface area contributed by atoms with Gasteiger partial charge < -0.3 is 20.4 Å². The molecule has 0 aliphatic carbocycles. The normalized spacial score (nSPS) is 18.2. The number of ether oxygens (including phenoxy) is 1. The molecule has 0 saturated carbocycles. The Bertz CT molecular complexity index is 1710. The molecule has 7 rings (SSSR count). The summed E-state index contributed by atoms with van der Waals surface area (Å²) in [7, 11) is 3.40. The van der Waals surface area contributed by atoms with E-state index in [0.29, 0.717) is 29.1 Å². The Morgan fingerprint density at radius 3 is 2.68 bits per heavy atom. The van der Waals surface area contributed by atoms with Crippen molar-refractivity contribution < 1.29 is 4.74 Å². The molecule has 2 bridgehead atoms. The minimum absolute atomic E-state index is 0.457. The molecule has 3 saturated heterocycles. The van der Waals surface area contributed by atoms with E-state index in [2.05, 4.69) is 43.1 Å². The number of pyridine rings is 3. The lowest BCUT2D eigenvalue weighted by molar-refractivity contribution is 0.0125. The van der Waals surface area contributed by atoms with Gasteiger partial charge in [0.15, 0.2) is 0 Å². The molecule has 10 nitrogen and oxygen atoms in total. The van der Waals surface area contributed by atoms with Crippen LogP contribution in [0.1, 0.15) is 23.1 Å². The quantitative estimate of drug-likeness (QED) is 0.270. The number of aromatic nitrogens is 4. The van der Waals surface area contributed by atoms with E-state index >= 15 is 0 Å². The molecule has 2 atom stereocenters. The van der Waals surface area contributed by atoms with Gasteiger partial charge in [0.25, 0.3) is 0 Å². The SMILES string of the molecule is CN/C=C(\C=N)c1cc(-c2ccc(N3CC4CC(C3)N4CC#Cc3ccc(OC)nc3)nc2)c2c(C#N)cnn2c1. The van der Waals surface area contributed by atoms with Crippen LogP contribution in [0.4, 0.5) is 5.82 Å². The molecule has 3 aliphatic rings. The number of anilines is 1. The zero-order valence-corrected chi connectivity index (χ0v) is 22.9. The van der Waals surface area contributed by atoms with E-state index in [-0.39, 0.29) is 0 Å². The lowest BCUT2D eigenvalue weighted by atomic mass is 9.87. The maximum absolute atomic E-state index is 9.70. The second-order valence-electron chi connectivity index (χ2n) is 10.1. The van der Waals surface area contributed by atoms with Crippen molar-refractivity contribution in [3.05, 3.63) is 78.0 Å². The van der Waals surface area contributed by atoms with Crippen molar-refractivity contribution in [1.82, 2.24) is 29.8 Å². The Balaban J connectivity index is 1.18. The van der Waals surface area contributed by atoms with Crippen LogP contribution in [0.5, 0.6) is 5.88 Å². The Morgan fingerprint density at radius 1 is 1.17 bits per heavy atom. The molecule has 0 aromatic carbocycles. The van der Waals surface area contributed by atoms with Crippen molar-refractivity contribution in [2.45, 2.75) is 18.5 Å². The molecule has 41 heavy (non-hydrogen) atoms. The third-order valence-electron chi connectivity index (χ3n) is 7.69. The average Bonchev–Trinajstić information content (AvgIpc) is 3.45. The number of fused-ring (bicyclic) bond motifs is 3. The molecule has 7 heterocycles. The molecule has 0 spiro atoms. The Labute approximate surface area is 238 Å². The first kappa shape index (κ1) is 26.1. The Morgan fingerprint density at radius 2 is 2.02 bits per heavy atom. The number of piperidine rings is 1. The zero-order chi connectivity index (χ0) is 28.3. The Hall–Kier alpha value is -5.19. The molecular weight excluding hydrogens is 514 g/mol. The fourth-order valence-corrected chi connectivity index (χ4v) is 5.62. The van der Waals surface area contributed by atoms with Gasteiger partial charge in [0.2, 0.25) is 5.88 Å². The summed E-state index contributed by atoms with van der Waals surface area (Å²) in [6.07, 6.45) is 11.2. The Kier molecular flexibility index (Phi) is 7.07. The highest BCUT2D eigenvalue weighted by atomic mass is 16.5. The summed E-state index contributed by atoms with van der Waals surface area (Å²) in [6, 6.07) is 13.0. The summed E-state index contributed by atoms with van der Waals surface area (Å²) >= 11 is 0. The number of nitrogens with zero attached hydrogens (tertiary/aromatic N) is 7. The molecule has 3 aliphatic heterocycles. The van der Waals surface area contributed by atoms with Crippen LogP contribution in [0, 0.1) is 28.6 Å². The molecule has 204 valence electrons. The van der Waals surface area contributed by atoms with Crippen LogP contribution in [-0.4, -0.2) is 76.6 Å². The van der Waals surface area contributed by atoms with E-state index in [1.165, 1.54) is 12.6 Å². The van der Waals surface area contributed by atoms with E-state index in [1.54, 1.807) is 37.3 Å². The van der Waals surface area contributed by atoms with Crippen molar-refractivity contribution in [3.8, 4) is 34.9 Å². The number of hydrogen-bond acceptors (Lipinski definition) is 9. The summed E-state index contributed by atoms with van der Waals surface area (Å²) in [5.74, 6) is 8.04. The van der Waals surface area contributed by atoms with Gasteiger partial charge in [0.05, 0.1) is 30.9 Å². The highest BCUT2D eigenvalue weighted by molar-refractivity contribution is 6.08. The summed E-state index contributed by atoms with van der Waals surface area (Å²) in [5.41, 5.74) is 5.35. The third-order valence-corrected chi connectivity index (χ3v) is 7.69. The van der Waals surface area contributed by atoms with Gasteiger partial charge in [-0.25, -0.2) is 14.5 Å². The number of nitriles is 1. The van der Waals surface area contributed by atoms with E-state index in [9.17, 15) is 5.26 Å². The van der Waals surface area contributed by atoms with Crippen molar-refractivity contribution in [1.29, 1.82) is 10.7 Å². The maximum Gasteiger partial charge on any atom is 0.212 e. The zero-order valence-electron chi connectivity index (χ0n) is 22.9. The van der Waals surface area contributed by atoms with Gasteiger partial charge in [-0.3, -0.25) is 4.90 Å². The topological polar surface area (TPSA) is 118 Å². The predicted molar refractivity (Wildman–Crippen MR) is 158 cm³/mol. The van der Waals surface area contributed by atoms with Crippen molar-refractivity contribution in [3.63, 3.8) is 0 Å². The molecule has 10 heteroatoms. The van der Waals surface area contributed by atoms with E-state index < -0.39 is 0 Å². The largest absolute Gasteiger partial charge is 0.481 e. The first-order chi connectivity index (χ1) is 20.1. The molecule has 4 aromatic heterocycles.